The number of nitrogens with two attached hydrogens (primary N) is 1. The summed E-state index contributed by atoms with van der Waals surface area (Å²) in [4.78, 5) is 21.1. The number of carboxylic acids is 1. The van der Waals surface area contributed by atoms with Crippen LogP contribution < -0.4 is 11.1 Å². The summed E-state index contributed by atoms with van der Waals surface area (Å²) in [6.07, 6.45) is -5.08. The Morgan fingerprint density at radius 3 is 2.28 bits per heavy atom. The summed E-state index contributed by atoms with van der Waals surface area (Å²) in [6.45, 7) is 0.357. The number of halogens is 3. The molecule has 10 heteroatoms. The quantitative estimate of drug-likeness (QED) is 0.337. The number of rotatable bonds is 6. The average molecular weight is 447 g/mol. The summed E-state index contributed by atoms with van der Waals surface area (Å²) < 4.78 is 37.2. The molecule has 0 heterocycles. The maximum Gasteiger partial charge on any atom is 0.490 e. The number of benzene rings is 3. The molecule has 0 atom stereocenters. The highest BCUT2D eigenvalue weighted by Gasteiger charge is 2.38. The Labute approximate surface area is 181 Å². The van der Waals surface area contributed by atoms with E-state index in [4.69, 9.17) is 25.8 Å². The summed E-state index contributed by atoms with van der Waals surface area (Å²) >= 11 is 0. The van der Waals surface area contributed by atoms with Gasteiger partial charge in [-0.25, -0.2) is 4.79 Å². The molecule has 0 aliphatic heterocycles. The molecule has 168 valence electrons. The summed E-state index contributed by atoms with van der Waals surface area (Å²) in [5, 5.41) is 19.4. The van der Waals surface area contributed by atoms with E-state index < -0.39 is 12.1 Å². The summed E-state index contributed by atoms with van der Waals surface area (Å²) in [5.74, 6) is -2.99. The molecule has 0 spiro atoms. The van der Waals surface area contributed by atoms with Gasteiger partial charge in [0.2, 0.25) is 5.91 Å². The van der Waals surface area contributed by atoms with Crippen LogP contribution in [0.25, 0.3) is 10.8 Å². The van der Waals surface area contributed by atoms with Crippen LogP contribution in [0.15, 0.2) is 66.7 Å². The summed E-state index contributed by atoms with van der Waals surface area (Å²) in [7, 11) is 0. The first-order chi connectivity index (χ1) is 15.1. The second kappa shape index (κ2) is 10.9. The molecule has 0 radical (unpaired) electrons. The molecule has 0 fully saturated rings. The zero-order valence-corrected chi connectivity index (χ0v) is 16.6. The number of fused-ring (bicyclic) bond motifs is 1. The van der Waals surface area contributed by atoms with Gasteiger partial charge in [0.15, 0.2) is 0 Å². The molecule has 0 aliphatic carbocycles. The molecule has 0 bridgehead atoms. The molecule has 0 saturated heterocycles. The van der Waals surface area contributed by atoms with Crippen molar-refractivity contribution in [3.05, 3.63) is 77.9 Å². The molecule has 0 saturated carbocycles. The van der Waals surface area contributed by atoms with Gasteiger partial charge in [-0.1, -0.05) is 54.6 Å². The topological polar surface area (TPSA) is 126 Å². The monoisotopic (exact) mass is 447 g/mol. The van der Waals surface area contributed by atoms with Gasteiger partial charge in [0.05, 0.1) is 6.61 Å². The van der Waals surface area contributed by atoms with Crippen LogP contribution in [0, 0.1) is 5.41 Å². The molecule has 7 nitrogen and oxygen atoms in total. The molecular weight excluding hydrogens is 427 g/mol. The van der Waals surface area contributed by atoms with Gasteiger partial charge in [-0.05, 0) is 23.1 Å². The molecule has 3 rings (SSSR count). The van der Waals surface area contributed by atoms with Crippen molar-refractivity contribution in [2.45, 2.75) is 12.8 Å². The van der Waals surface area contributed by atoms with E-state index in [0.717, 1.165) is 16.3 Å². The Morgan fingerprint density at radius 2 is 1.69 bits per heavy atom. The number of nitrogens with one attached hydrogen (secondary N) is 2. The van der Waals surface area contributed by atoms with Crippen LogP contribution in [0.4, 0.5) is 18.9 Å². The van der Waals surface area contributed by atoms with Crippen molar-refractivity contribution in [2.75, 3.05) is 11.9 Å². The number of hydrogen-bond acceptors (Lipinski definition) is 4. The minimum atomic E-state index is -5.08. The van der Waals surface area contributed by atoms with E-state index in [9.17, 15) is 18.0 Å². The predicted molar refractivity (Wildman–Crippen MR) is 113 cm³/mol. The fourth-order valence-electron chi connectivity index (χ4n) is 2.57. The third-order valence-corrected chi connectivity index (χ3v) is 4.05. The first-order valence-electron chi connectivity index (χ1n) is 9.16. The summed E-state index contributed by atoms with van der Waals surface area (Å²) in [6, 6.07) is 20.8. The fourth-order valence-corrected chi connectivity index (χ4v) is 2.57. The number of carboxylic acid groups (broad SMARTS) is 1. The van der Waals surface area contributed by atoms with Crippen molar-refractivity contribution in [3.8, 4) is 0 Å². The van der Waals surface area contributed by atoms with Gasteiger partial charge in [-0.15, -0.1) is 0 Å². The van der Waals surface area contributed by atoms with Crippen LogP contribution in [0.1, 0.15) is 11.1 Å². The number of hydrogen-bond donors (Lipinski definition) is 4. The number of ether oxygens (including phenoxy) is 1. The Hall–Kier alpha value is -3.92. The van der Waals surface area contributed by atoms with E-state index in [1.807, 2.05) is 54.6 Å². The molecule has 5 N–H and O–H groups in total. The van der Waals surface area contributed by atoms with Gasteiger partial charge in [-0.2, -0.15) is 13.2 Å². The van der Waals surface area contributed by atoms with E-state index in [-0.39, 0.29) is 18.3 Å². The van der Waals surface area contributed by atoms with Crippen LogP contribution in [-0.4, -0.2) is 35.6 Å². The second-order valence-electron chi connectivity index (χ2n) is 6.48. The largest absolute Gasteiger partial charge is 0.490 e. The Bertz CT molecular complexity index is 1100. The van der Waals surface area contributed by atoms with Gasteiger partial charge in [0, 0.05) is 16.6 Å². The third kappa shape index (κ3) is 7.40. The standard InChI is InChI=1S/C20H19N3O2.C2HF3O2/c21-20(22)16-10-9-15-7-4-8-18(17(15)11-16)23-19(24)13-25-12-14-5-2-1-3-6-14;3-2(4,5)1(6)7/h1-11H,12-13H2,(H3,21,22)(H,23,24);(H,6,7). The zero-order valence-electron chi connectivity index (χ0n) is 16.6. The first kappa shape index (κ1) is 24.4. The highest BCUT2D eigenvalue weighted by Crippen LogP contribution is 2.24. The van der Waals surface area contributed by atoms with Gasteiger partial charge < -0.3 is 20.9 Å². The third-order valence-electron chi connectivity index (χ3n) is 4.05. The Kier molecular flexibility index (Phi) is 8.31. The second-order valence-corrected chi connectivity index (χ2v) is 6.48. The molecular formula is C22H20F3N3O4. The van der Waals surface area contributed by atoms with Crippen LogP contribution >= 0.6 is 0 Å². The van der Waals surface area contributed by atoms with Crippen molar-refractivity contribution in [2.24, 2.45) is 5.73 Å². The van der Waals surface area contributed by atoms with Gasteiger partial charge in [0.25, 0.3) is 0 Å². The molecule has 32 heavy (non-hydrogen) atoms. The minimum absolute atomic E-state index is 0.00535. The Morgan fingerprint density at radius 1 is 1.03 bits per heavy atom. The van der Waals surface area contributed by atoms with Crippen LogP contribution in [0.5, 0.6) is 0 Å². The van der Waals surface area contributed by atoms with E-state index in [1.165, 1.54) is 0 Å². The number of carbonyl (C=O) groups is 2. The number of aliphatic carboxylic acids is 1. The number of alkyl halides is 3. The lowest BCUT2D eigenvalue weighted by atomic mass is 10.0. The normalized spacial score (nSPS) is 10.7. The maximum atomic E-state index is 12.2. The highest BCUT2D eigenvalue weighted by molar-refractivity contribution is 6.06. The van der Waals surface area contributed by atoms with Crippen molar-refractivity contribution in [3.63, 3.8) is 0 Å². The van der Waals surface area contributed by atoms with Crippen LogP contribution in [0.2, 0.25) is 0 Å². The number of nitrogen functional groups attached to an aromatic ring is 1. The number of amides is 1. The van der Waals surface area contributed by atoms with Crippen LogP contribution in [0.3, 0.4) is 0 Å². The Balaban J connectivity index is 0.000000451. The molecule has 0 aromatic heterocycles. The van der Waals surface area contributed by atoms with Crippen LogP contribution in [-0.2, 0) is 20.9 Å². The van der Waals surface area contributed by atoms with Gasteiger partial charge in [-0.3, -0.25) is 10.2 Å². The lowest BCUT2D eigenvalue weighted by Gasteiger charge is -2.10. The molecule has 1 amide bonds. The molecule has 3 aromatic rings. The van der Waals surface area contributed by atoms with Crippen molar-refractivity contribution in [1.29, 1.82) is 5.41 Å². The van der Waals surface area contributed by atoms with Crippen molar-refractivity contribution >= 4 is 34.2 Å². The zero-order chi connectivity index (χ0) is 23.7. The van der Waals surface area contributed by atoms with Crippen molar-refractivity contribution < 1.29 is 32.6 Å². The predicted octanol–water partition coefficient (Wildman–Crippen LogP) is 3.91. The van der Waals surface area contributed by atoms with Gasteiger partial charge >= 0.3 is 12.1 Å². The first-order valence-corrected chi connectivity index (χ1v) is 9.16. The maximum absolute atomic E-state index is 12.2. The molecule has 0 unspecified atom stereocenters. The lowest BCUT2D eigenvalue weighted by molar-refractivity contribution is -0.192. The van der Waals surface area contributed by atoms with E-state index in [0.29, 0.717) is 17.9 Å². The smallest absolute Gasteiger partial charge is 0.475 e. The summed E-state index contributed by atoms with van der Waals surface area (Å²) in [5.41, 5.74) is 7.87. The average Bonchev–Trinajstić information content (AvgIpc) is 2.74. The fraction of sp³-hybridized carbons (Fsp3) is 0.136. The highest BCUT2D eigenvalue weighted by atomic mass is 19.4. The van der Waals surface area contributed by atoms with E-state index >= 15 is 0 Å². The lowest BCUT2D eigenvalue weighted by Crippen LogP contribution is -2.21. The number of amidine groups is 1. The van der Waals surface area contributed by atoms with E-state index in [1.54, 1.807) is 12.1 Å². The number of anilines is 1. The van der Waals surface area contributed by atoms with E-state index in [2.05, 4.69) is 5.32 Å². The van der Waals surface area contributed by atoms with Crippen molar-refractivity contribution in [1.82, 2.24) is 0 Å². The van der Waals surface area contributed by atoms with Gasteiger partial charge in [0.1, 0.15) is 12.4 Å². The minimum Gasteiger partial charge on any atom is -0.475 e. The molecule has 0 aliphatic rings. The number of carbonyl (C=O) groups excluding carboxylic acids is 1. The molecule has 3 aromatic carbocycles. The SMILES string of the molecule is N=C(N)c1ccc2cccc(NC(=O)COCc3ccccc3)c2c1.O=C(O)C(F)(F)F.